The topological polar surface area (TPSA) is 123 Å². The number of amides is 3. The zero-order chi connectivity index (χ0) is 66.7. The van der Waals surface area contributed by atoms with E-state index in [4.69, 9.17) is 0 Å². The maximum Gasteiger partial charge on any atom is 0.251 e. The number of hydrogen-bond acceptors (Lipinski definition) is 6. The molecule has 3 amide bonds. The van der Waals surface area contributed by atoms with Crippen molar-refractivity contribution in [1.82, 2.24) is 31.9 Å². The van der Waals surface area contributed by atoms with Crippen LogP contribution >= 0.6 is 0 Å². The molecule has 9 heteroatoms. The number of carbonyl (C=O) groups excluding carboxylic acids is 3. The Morgan fingerprint density at radius 2 is 0.312 bits per heavy atom. The van der Waals surface area contributed by atoms with Gasteiger partial charge in [-0.2, -0.15) is 0 Å². The van der Waals surface area contributed by atoms with Crippen molar-refractivity contribution >= 4 is 17.7 Å². The number of hydrogen-bond donors (Lipinski definition) is 6. The second-order valence-electron chi connectivity index (χ2n) is 29.0. The lowest BCUT2D eigenvalue weighted by Gasteiger charge is -2.12. The zero-order valence-corrected chi connectivity index (χ0v) is 62.9. The van der Waals surface area contributed by atoms with Crippen LogP contribution in [0.1, 0.15) is 456 Å². The molecule has 0 aliphatic heterocycles. The van der Waals surface area contributed by atoms with Crippen LogP contribution in [0.2, 0.25) is 0 Å². The van der Waals surface area contributed by atoms with Gasteiger partial charge in [-0.25, -0.2) is 0 Å². The van der Waals surface area contributed by atoms with Gasteiger partial charge in [0.05, 0.1) is 0 Å². The van der Waals surface area contributed by atoms with Crippen molar-refractivity contribution in [3.63, 3.8) is 0 Å². The van der Waals surface area contributed by atoms with E-state index in [-0.39, 0.29) is 17.7 Å². The van der Waals surface area contributed by atoms with E-state index in [9.17, 15) is 14.4 Å². The van der Waals surface area contributed by atoms with Gasteiger partial charge in [0.15, 0.2) is 0 Å². The van der Waals surface area contributed by atoms with Gasteiger partial charge in [-0.3, -0.25) is 14.4 Å². The third kappa shape index (κ3) is 65.2. The van der Waals surface area contributed by atoms with Crippen LogP contribution in [-0.2, 0) is 0 Å². The normalized spacial score (nSPS) is 11.5. The van der Waals surface area contributed by atoms with Crippen LogP contribution in [0.15, 0.2) is 18.2 Å². The molecule has 6 N–H and O–H groups in total. The second-order valence-corrected chi connectivity index (χ2v) is 29.0. The van der Waals surface area contributed by atoms with Crippen molar-refractivity contribution in [3.05, 3.63) is 34.9 Å². The van der Waals surface area contributed by atoms with Crippen LogP contribution in [0, 0.1) is 0 Å². The Morgan fingerprint density at radius 3 is 0.462 bits per heavy atom. The first-order chi connectivity index (χ1) is 46.0. The van der Waals surface area contributed by atoms with Gasteiger partial charge >= 0.3 is 0 Å². The Labute approximate surface area is 580 Å². The minimum absolute atomic E-state index is 0.253. The fourth-order valence-electron chi connectivity index (χ4n) is 13.5. The Hall–Kier alpha value is -2.49. The maximum atomic E-state index is 13.6. The maximum absolute atomic E-state index is 13.6. The molecule has 0 aliphatic rings. The third-order valence-corrected chi connectivity index (χ3v) is 19.8. The van der Waals surface area contributed by atoms with E-state index in [2.05, 4.69) is 52.7 Å². The van der Waals surface area contributed by atoms with Crippen LogP contribution in [-0.4, -0.2) is 76.6 Å². The summed E-state index contributed by atoms with van der Waals surface area (Å²) >= 11 is 0. The molecule has 0 aromatic heterocycles. The molecule has 0 radical (unpaired) electrons. The van der Waals surface area contributed by atoms with E-state index in [1.807, 2.05) is 0 Å². The molecule has 0 spiro atoms. The van der Waals surface area contributed by atoms with Crippen molar-refractivity contribution in [2.45, 2.75) is 425 Å². The minimum Gasteiger partial charge on any atom is -0.352 e. The standard InChI is InChI=1S/C84H162N6O3/c1-4-7-10-13-16-19-22-25-28-31-34-37-40-43-46-49-52-55-58-61-67-85-70-64-73-88-82(91)79-76-80(83(92)89-74-65-71-86-68-62-59-56-53-50-47-44-41-38-35-32-29-26-23-20-17-14-11-8-5-2)78-81(77-79)84(93)90-75-66-72-87-69-63-60-57-54-51-48-45-42-39-36-33-30-27-24-21-18-15-12-9-6-3/h76-78,85-87H,4-75H2,1-3H3,(H,88,91)(H,89,92)(H,90,93). The molecule has 1 rings (SSSR count). The Balaban J connectivity index is 2.33. The van der Waals surface area contributed by atoms with Gasteiger partial charge in [0.2, 0.25) is 0 Å². The summed E-state index contributed by atoms with van der Waals surface area (Å²) in [6, 6.07) is 4.93. The van der Waals surface area contributed by atoms with E-state index in [0.717, 1.165) is 58.5 Å². The number of rotatable bonds is 78. The lowest BCUT2D eigenvalue weighted by atomic mass is 10.0. The monoisotopic (exact) mass is 1300 g/mol. The molecule has 93 heavy (non-hydrogen) atoms. The average Bonchev–Trinajstić information content (AvgIpc) is 0.975. The molecule has 1 aromatic carbocycles. The predicted molar refractivity (Wildman–Crippen MR) is 410 cm³/mol. The van der Waals surface area contributed by atoms with Gasteiger partial charge in [-0.15, -0.1) is 0 Å². The molecule has 0 aliphatic carbocycles. The SMILES string of the molecule is CCCCCCCCCCCCCCCCCCCCCCNCCCNC(=O)c1cc(C(=O)NCCCNCCCCCCCCCCCCCCCCCCCCCC)cc(C(=O)NCCCNCCCCCCCCCCCCCCCCCCCCCC)c1. The van der Waals surface area contributed by atoms with E-state index < -0.39 is 0 Å². The summed E-state index contributed by atoms with van der Waals surface area (Å²) in [5.74, 6) is -0.760. The Morgan fingerprint density at radius 1 is 0.183 bits per heavy atom. The highest BCUT2D eigenvalue weighted by atomic mass is 16.2. The van der Waals surface area contributed by atoms with Crippen molar-refractivity contribution in [2.24, 2.45) is 0 Å². The van der Waals surface area contributed by atoms with Crippen molar-refractivity contribution < 1.29 is 14.4 Å². The van der Waals surface area contributed by atoms with Crippen LogP contribution in [0.3, 0.4) is 0 Å². The number of benzene rings is 1. The molecule has 0 fully saturated rings. The average molecular weight is 1300 g/mol. The summed E-state index contributed by atoms with van der Waals surface area (Å²) in [6.45, 7) is 14.0. The minimum atomic E-state index is -0.253. The highest BCUT2D eigenvalue weighted by Crippen LogP contribution is 2.20. The molecule has 0 atom stereocenters. The zero-order valence-electron chi connectivity index (χ0n) is 62.9. The van der Waals surface area contributed by atoms with Gasteiger partial charge in [-0.05, 0) is 96.0 Å². The lowest BCUT2D eigenvalue weighted by molar-refractivity contribution is 0.0952. The highest BCUT2D eigenvalue weighted by molar-refractivity contribution is 6.04. The predicted octanol–water partition coefficient (Wildman–Crippen LogP) is 24.3. The fraction of sp³-hybridized carbons (Fsp3) is 0.893. The van der Waals surface area contributed by atoms with E-state index in [1.165, 1.54) is 385 Å². The van der Waals surface area contributed by atoms with Gasteiger partial charge in [0, 0.05) is 36.3 Å². The molecule has 0 heterocycles. The largest absolute Gasteiger partial charge is 0.352 e. The molecule has 9 nitrogen and oxygen atoms in total. The van der Waals surface area contributed by atoms with Gasteiger partial charge in [0.25, 0.3) is 17.7 Å². The first-order valence-electron chi connectivity index (χ1n) is 42.1. The summed E-state index contributed by atoms with van der Waals surface area (Å²) in [4.78, 5) is 40.7. The summed E-state index contributed by atoms with van der Waals surface area (Å²) in [5.41, 5.74) is 1.04. The molecule has 546 valence electrons. The number of nitrogens with one attached hydrogen (secondary N) is 6. The quantitative estimate of drug-likeness (QED) is 0.0361. The molecular formula is C84H162N6O3. The first-order valence-corrected chi connectivity index (χ1v) is 42.1. The molecule has 1 aromatic rings. The van der Waals surface area contributed by atoms with Crippen LogP contribution < -0.4 is 31.9 Å². The van der Waals surface area contributed by atoms with Crippen molar-refractivity contribution in [1.29, 1.82) is 0 Å². The molecule has 0 saturated carbocycles. The summed E-state index contributed by atoms with van der Waals surface area (Å²) in [6.07, 6.45) is 86.2. The Kier molecular flexibility index (Phi) is 71.7. The molecular weight excluding hydrogens is 1140 g/mol. The van der Waals surface area contributed by atoms with E-state index in [1.54, 1.807) is 18.2 Å². The van der Waals surface area contributed by atoms with Gasteiger partial charge in [-0.1, -0.05) is 387 Å². The van der Waals surface area contributed by atoms with Crippen LogP contribution in [0.25, 0.3) is 0 Å². The van der Waals surface area contributed by atoms with Gasteiger partial charge < -0.3 is 31.9 Å². The van der Waals surface area contributed by atoms with Crippen molar-refractivity contribution in [2.75, 3.05) is 58.9 Å². The first kappa shape index (κ1) is 88.5. The molecule has 0 unspecified atom stereocenters. The van der Waals surface area contributed by atoms with Crippen LogP contribution in [0.4, 0.5) is 0 Å². The summed E-state index contributed by atoms with van der Waals surface area (Å²) < 4.78 is 0. The lowest BCUT2D eigenvalue weighted by Crippen LogP contribution is -2.31. The fourth-order valence-corrected chi connectivity index (χ4v) is 13.5. The smallest absolute Gasteiger partial charge is 0.251 e. The third-order valence-electron chi connectivity index (χ3n) is 19.8. The van der Waals surface area contributed by atoms with E-state index >= 15 is 0 Å². The number of carbonyl (C=O) groups is 3. The van der Waals surface area contributed by atoms with Crippen LogP contribution in [0.5, 0.6) is 0 Å². The molecule has 0 saturated heterocycles. The summed E-state index contributed by atoms with van der Waals surface area (Å²) in [5, 5.41) is 19.9. The van der Waals surface area contributed by atoms with Crippen molar-refractivity contribution in [3.8, 4) is 0 Å². The summed E-state index contributed by atoms with van der Waals surface area (Å²) in [7, 11) is 0. The molecule has 0 bridgehead atoms. The Bertz CT molecular complexity index is 1490. The highest BCUT2D eigenvalue weighted by Gasteiger charge is 2.17. The van der Waals surface area contributed by atoms with Gasteiger partial charge in [0.1, 0.15) is 0 Å². The number of unbranched alkanes of at least 4 members (excludes halogenated alkanes) is 57. The van der Waals surface area contributed by atoms with E-state index in [0.29, 0.717) is 36.3 Å². The second kappa shape index (κ2) is 75.3.